The van der Waals surface area contributed by atoms with Crippen LogP contribution < -0.4 is 10.1 Å². The van der Waals surface area contributed by atoms with Crippen LogP contribution in [0.5, 0.6) is 5.75 Å². The number of ether oxygens (including phenoxy) is 2. The lowest BCUT2D eigenvalue weighted by Gasteiger charge is -2.31. The van der Waals surface area contributed by atoms with E-state index < -0.39 is 0 Å². The highest BCUT2D eigenvalue weighted by molar-refractivity contribution is 5.41. The van der Waals surface area contributed by atoms with E-state index in [4.69, 9.17) is 9.47 Å². The van der Waals surface area contributed by atoms with Gasteiger partial charge in [-0.2, -0.15) is 0 Å². The molecule has 3 heteroatoms. The summed E-state index contributed by atoms with van der Waals surface area (Å²) in [6, 6.07) is 7.23. The van der Waals surface area contributed by atoms with Crippen LogP contribution in [0.25, 0.3) is 0 Å². The lowest BCUT2D eigenvalue weighted by Crippen LogP contribution is -2.32. The van der Waals surface area contributed by atoms with Gasteiger partial charge in [-0.15, -0.1) is 0 Å². The van der Waals surface area contributed by atoms with Gasteiger partial charge in [-0.3, -0.25) is 0 Å². The average molecular weight is 289 g/mol. The average Bonchev–Trinajstić information content (AvgIpc) is 2.88. The number of hydrogen-bond donors (Lipinski definition) is 1. The second kappa shape index (κ2) is 6.80. The quantitative estimate of drug-likeness (QED) is 0.900. The number of benzene rings is 1. The molecule has 3 nitrogen and oxygen atoms in total. The molecule has 2 heterocycles. The van der Waals surface area contributed by atoms with Gasteiger partial charge >= 0.3 is 0 Å². The molecule has 0 radical (unpaired) electrons. The Balaban J connectivity index is 1.80. The van der Waals surface area contributed by atoms with Gasteiger partial charge in [0.25, 0.3) is 0 Å². The molecule has 2 unspecified atom stereocenters. The van der Waals surface area contributed by atoms with E-state index in [0.29, 0.717) is 18.1 Å². The van der Waals surface area contributed by atoms with Crippen LogP contribution in [0.15, 0.2) is 18.2 Å². The van der Waals surface area contributed by atoms with Crippen molar-refractivity contribution in [3.8, 4) is 5.75 Å². The van der Waals surface area contributed by atoms with E-state index in [1.165, 1.54) is 17.5 Å². The largest absolute Gasteiger partial charge is 0.490 e. The van der Waals surface area contributed by atoms with Gasteiger partial charge in [-0.25, -0.2) is 0 Å². The molecule has 1 aromatic carbocycles. The molecule has 0 aromatic heterocycles. The molecule has 0 bridgehead atoms. The van der Waals surface area contributed by atoms with Crippen LogP contribution in [-0.2, 0) is 11.2 Å². The summed E-state index contributed by atoms with van der Waals surface area (Å²) in [5, 5.41) is 3.76. The van der Waals surface area contributed by atoms with Gasteiger partial charge < -0.3 is 14.8 Å². The molecule has 0 amide bonds. The zero-order chi connectivity index (χ0) is 14.7. The molecule has 1 fully saturated rings. The zero-order valence-corrected chi connectivity index (χ0v) is 13.2. The van der Waals surface area contributed by atoms with Crippen LogP contribution in [0.3, 0.4) is 0 Å². The van der Waals surface area contributed by atoms with E-state index in [9.17, 15) is 0 Å². The highest BCUT2D eigenvalue weighted by atomic mass is 16.5. The predicted octanol–water partition coefficient (Wildman–Crippen LogP) is 3.48. The summed E-state index contributed by atoms with van der Waals surface area (Å²) in [7, 11) is 0. The van der Waals surface area contributed by atoms with Crippen molar-refractivity contribution in [2.24, 2.45) is 5.92 Å². The van der Waals surface area contributed by atoms with Gasteiger partial charge in [-0.05, 0) is 55.8 Å². The minimum atomic E-state index is 0.320. The minimum absolute atomic E-state index is 0.320. The Hall–Kier alpha value is -1.06. The Labute approximate surface area is 128 Å². The fourth-order valence-corrected chi connectivity index (χ4v) is 3.54. The van der Waals surface area contributed by atoms with Gasteiger partial charge in [0.2, 0.25) is 0 Å². The molecule has 1 N–H and O–H groups in total. The van der Waals surface area contributed by atoms with Crippen molar-refractivity contribution in [1.82, 2.24) is 5.32 Å². The van der Waals surface area contributed by atoms with Gasteiger partial charge in [0.05, 0.1) is 0 Å². The summed E-state index contributed by atoms with van der Waals surface area (Å²) in [6.45, 7) is 7.25. The third kappa shape index (κ3) is 3.41. The van der Waals surface area contributed by atoms with E-state index in [1.54, 1.807) is 0 Å². The lowest BCUT2D eigenvalue weighted by molar-refractivity contribution is 0.0536. The highest BCUT2D eigenvalue weighted by Gasteiger charge is 2.27. The molecule has 1 saturated heterocycles. The Morgan fingerprint density at radius 3 is 2.86 bits per heavy atom. The second-order valence-corrected chi connectivity index (χ2v) is 6.38. The van der Waals surface area contributed by atoms with E-state index in [-0.39, 0.29) is 0 Å². The standard InChI is InChI=1S/C18H27NO2/c1-3-8-19-18(14-6-9-20-10-7-14)15-4-5-17-16(12-15)11-13(2)21-17/h4-5,12-14,18-19H,3,6-11H2,1-2H3. The Kier molecular flexibility index (Phi) is 4.81. The summed E-state index contributed by atoms with van der Waals surface area (Å²) in [4.78, 5) is 0. The molecule has 21 heavy (non-hydrogen) atoms. The van der Waals surface area contributed by atoms with Crippen molar-refractivity contribution in [3.63, 3.8) is 0 Å². The first-order chi connectivity index (χ1) is 10.3. The fourth-order valence-electron chi connectivity index (χ4n) is 3.54. The van der Waals surface area contributed by atoms with Crippen LogP contribution in [-0.4, -0.2) is 25.9 Å². The Morgan fingerprint density at radius 1 is 1.29 bits per heavy atom. The maximum absolute atomic E-state index is 5.83. The Morgan fingerprint density at radius 2 is 2.10 bits per heavy atom. The fraction of sp³-hybridized carbons (Fsp3) is 0.667. The van der Waals surface area contributed by atoms with E-state index in [1.807, 2.05) is 0 Å². The highest BCUT2D eigenvalue weighted by Crippen LogP contribution is 2.35. The summed E-state index contributed by atoms with van der Waals surface area (Å²) in [5.74, 6) is 1.76. The van der Waals surface area contributed by atoms with Gasteiger partial charge in [0, 0.05) is 25.7 Å². The van der Waals surface area contributed by atoms with Crippen molar-refractivity contribution < 1.29 is 9.47 Å². The van der Waals surface area contributed by atoms with E-state index >= 15 is 0 Å². The molecular formula is C18H27NO2. The SMILES string of the molecule is CCCNC(c1ccc2c(c1)CC(C)O2)C1CCOCC1. The second-order valence-electron chi connectivity index (χ2n) is 6.38. The number of hydrogen-bond acceptors (Lipinski definition) is 3. The summed E-state index contributed by atoms with van der Waals surface area (Å²) < 4.78 is 11.4. The molecular weight excluding hydrogens is 262 g/mol. The summed E-state index contributed by atoms with van der Waals surface area (Å²) in [6.07, 6.45) is 4.85. The maximum Gasteiger partial charge on any atom is 0.123 e. The van der Waals surface area contributed by atoms with Gasteiger partial charge in [0.1, 0.15) is 11.9 Å². The zero-order valence-electron chi connectivity index (χ0n) is 13.2. The first-order valence-corrected chi connectivity index (χ1v) is 8.38. The first kappa shape index (κ1) is 14.9. The van der Waals surface area contributed by atoms with Gasteiger partial charge in [-0.1, -0.05) is 19.1 Å². The van der Waals surface area contributed by atoms with Crippen LogP contribution in [0, 0.1) is 5.92 Å². The normalized spacial score (nSPS) is 23.6. The third-order valence-electron chi connectivity index (χ3n) is 4.63. The molecule has 1 aromatic rings. The first-order valence-electron chi connectivity index (χ1n) is 8.38. The number of rotatable bonds is 5. The lowest BCUT2D eigenvalue weighted by atomic mass is 9.86. The third-order valence-corrected chi connectivity index (χ3v) is 4.63. The molecule has 0 aliphatic carbocycles. The number of fused-ring (bicyclic) bond motifs is 1. The van der Waals surface area contributed by atoms with Gasteiger partial charge in [0.15, 0.2) is 0 Å². The molecule has 2 atom stereocenters. The molecule has 116 valence electrons. The number of nitrogens with one attached hydrogen (secondary N) is 1. The smallest absolute Gasteiger partial charge is 0.123 e. The van der Waals surface area contributed by atoms with Crippen molar-refractivity contribution in [2.75, 3.05) is 19.8 Å². The van der Waals surface area contributed by atoms with Crippen molar-refractivity contribution in [2.45, 2.75) is 51.7 Å². The Bertz CT molecular complexity index is 468. The van der Waals surface area contributed by atoms with Crippen LogP contribution in [0.1, 0.15) is 50.3 Å². The van der Waals surface area contributed by atoms with Crippen LogP contribution in [0.2, 0.25) is 0 Å². The maximum atomic E-state index is 5.83. The summed E-state index contributed by atoms with van der Waals surface area (Å²) >= 11 is 0. The molecule has 2 aliphatic rings. The monoisotopic (exact) mass is 289 g/mol. The van der Waals surface area contributed by atoms with Crippen LogP contribution in [0.4, 0.5) is 0 Å². The van der Waals surface area contributed by atoms with Crippen molar-refractivity contribution in [3.05, 3.63) is 29.3 Å². The minimum Gasteiger partial charge on any atom is -0.490 e. The molecule has 3 rings (SSSR count). The van der Waals surface area contributed by atoms with Crippen molar-refractivity contribution in [1.29, 1.82) is 0 Å². The van der Waals surface area contributed by atoms with Crippen molar-refractivity contribution >= 4 is 0 Å². The van der Waals surface area contributed by atoms with E-state index in [0.717, 1.165) is 44.8 Å². The summed E-state index contributed by atoms with van der Waals surface area (Å²) in [5.41, 5.74) is 2.79. The predicted molar refractivity (Wildman–Crippen MR) is 84.8 cm³/mol. The van der Waals surface area contributed by atoms with E-state index in [2.05, 4.69) is 37.4 Å². The topological polar surface area (TPSA) is 30.5 Å². The molecule has 2 aliphatic heterocycles. The van der Waals surface area contributed by atoms with Crippen LogP contribution >= 0.6 is 0 Å². The molecule has 0 spiro atoms. The molecule has 0 saturated carbocycles.